The molecule has 1 amide bonds. The maximum atomic E-state index is 14.1. The van der Waals surface area contributed by atoms with Gasteiger partial charge in [-0.3, -0.25) is 9.78 Å². The van der Waals surface area contributed by atoms with Gasteiger partial charge in [-0.05, 0) is 46.8 Å². The molecule has 0 aliphatic heterocycles. The third-order valence-corrected chi connectivity index (χ3v) is 4.04. The predicted molar refractivity (Wildman–Crippen MR) is 86.6 cm³/mol. The van der Waals surface area contributed by atoms with Gasteiger partial charge in [-0.25, -0.2) is 4.39 Å². The molecule has 0 bridgehead atoms. The highest BCUT2D eigenvalue weighted by Crippen LogP contribution is 2.28. The molecule has 122 valence electrons. The van der Waals surface area contributed by atoms with Crippen LogP contribution < -0.4 is 10.1 Å². The second kappa shape index (κ2) is 6.80. The minimum Gasteiger partial charge on any atom is -0.455 e. The summed E-state index contributed by atoms with van der Waals surface area (Å²) >= 11 is 3.29. The topological polar surface area (TPSA) is 60.5 Å². The number of carbonyl (C=O) groups excluding carboxylic acids is 1. The van der Waals surface area contributed by atoms with Crippen LogP contribution in [0.1, 0.15) is 12.8 Å². The third kappa shape index (κ3) is 3.97. The molecule has 0 spiro atoms. The van der Waals surface area contributed by atoms with Crippen molar-refractivity contribution in [3.8, 4) is 5.75 Å². The van der Waals surface area contributed by atoms with E-state index in [-0.39, 0.29) is 17.2 Å². The quantitative estimate of drug-likeness (QED) is 0.780. The monoisotopic (exact) mass is 382 g/mol. The highest BCUT2D eigenvalue weighted by atomic mass is 79.9. The molecule has 1 aromatic carbocycles. The van der Waals surface area contributed by atoms with E-state index in [1.54, 1.807) is 12.1 Å². The minimum absolute atomic E-state index is 0.211. The number of carbonyl (C=O) groups is 1. The van der Waals surface area contributed by atoms with Crippen molar-refractivity contribution in [3.63, 3.8) is 0 Å². The molecule has 23 heavy (non-hydrogen) atoms. The summed E-state index contributed by atoms with van der Waals surface area (Å²) < 4.78 is 25.4. The summed E-state index contributed by atoms with van der Waals surface area (Å²) in [5.74, 6) is -0.119. The number of methoxy groups -OCH3 is 1. The zero-order chi connectivity index (χ0) is 16.4. The maximum absolute atomic E-state index is 14.1. The number of aromatic nitrogens is 1. The Bertz CT molecular complexity index is 737. The average molecular weight is 383 g/mol. The fraction of sp³-hybridized carbons (Fsp3) is 0.375. The smallest absolute Gasteiger partial charge is 0.289 e. The number of halogens is 2. The largest absolute Gasteiger partial charge is 0.455 e. The van der Waals surface area contributed by atoms with E-state index in [0.29, 0.717) is 17.8 Å². The summed E-state index contributed by atoms with van der Waals surface area (Å²) in [5.41, 5.74) is 0.243. The van der Waals surface area contributed by atoms with E-state index in [1.165, 1.54) is 19.4 Å². The van der Waals surface area contributed by atoms with Crippen molar-refractivity contribution < 1.29 is 18.7 Å². The van der Waals surface area contributed by atoms with Gasteiger partial charge in [0.1, 0.15) is 11.3 Å². The van der Waals surface area contributed by atoms with E-state index in [2.05, 4.69) is 26.2 Å². The van der Waals surface area contributed by atoms with E-state index in [1.807, 2.05) is 0 Å². The van der Waals surface area contributed by atoms with E-state index in [9.17, 15) is 9.18 Å². The molecule has 2 aromatic rings. The zero-order valence-corrected chi connectivity index (χ0v) is 14.1. The number of pyridine rings is 1. The molecule has 7 heteroatoms. The lowest BCUT2D eigenvalue weighted by Gasteiger charge is -2.17. The number of ether oxygens (including phenoxy) is 2. The Morgan fingerprint density at radius 3 is 2.96 bits per heavy atom. The van der Waals surface area contributed by atoms with Gasteiger partial charge >= 0.3 is 0 Å². The van der Waals surface area contributed by atoms with Crippen LogP contribution in [0.2, 0.25) is 0 Å². The zero-order valence-electron chi connectivity index (χ0n) is 12.5. The van der Waals surface area contributed by atoms with Crippen LogP contribution in [0.3, 0.4) is 0 Å². The molecule has 0 radical (unpaired) electrons. The maximum Gasteiger partial charge on any atom is 0.289 e. The van der Waals surface area contributed by atoms with Crippen LogP contribution in [-0.2, 0) is 9.53 Å². The van der Waals surface area contributed by atoms with Gasteiger partial charge in [0.15, 0.2) is 5.82 Å². The second-order valence-electron chi connectivity index (χ2n) is 5.50. The summed E-state index contributed by atoms with van der Waals surface area (Å²) in [6.45, 7) is 0.616. The number of hydrogen-bond acceptors (Lipinski definition) is 4. The first-order valence-electron chi connectivity index (χ1n) is 7.29. The normalized spacial score (nSPS) is 15.4. The number of nitrogens with zero attached hydrogens (tertiary/aromatic N) is 1. The van der Waals surface area contributed by atoms with Gasteiger partial charge in [0.25, 0.3) is 12.2 Å². The molecular weight excluding hydrogens is 367 g/mol. The van der Waals surface area contributed by atoms with Crippen molar-refractivity contribution in [1.29, 1.82) is 0 Å². The Hall–Kier alpha value is -1.73. The lowest BCUT2D eigenvalue weighted by molar-refractivity contribution is -0.148. The number of amides is 1. The number of hydrogen-bond donors (Lipinski definition) is 1. The molecule has 0 saturated heterocycles. The van der Waals surface area contributed by atoms with Gasteiger partial charge in [0.05, 0.1) is 0 Å². The highest BCUT2D eigenvalue weighted by molar-refractivity contribution is 9.10. The molecule has 1 saturated carbocycles. The number of fused-ring (bicyclic) bond motifs is 1. The van der Waals surface area contributed by atoms with Gasteiger partial charge in [0, 0.05) is 35.8 Å². The van der Waals surface area contributed by atoms with Crippen molar-refractivity contribution in [2.45, 2.75) is 19.1 Å². The van der Waals surface area contributed by atoms with Gasteiger partial charge in [-0.2, -0.15) is 0 Å². The van der Waals surface area contributed by atoms with Crippen molar-refractivity contribution in [1.82, 2.24) is 10.3 Å². The fourth-order valence-corrected chi connectivity index (χ4v) is 2.55. The fourth-order valence-electron chi connectivity index (χ4n) is 2.20. The van der Waals surface area contributed by atoms with Crippen LogP contribution in [-0.4, -0.2) is 30.8 Å². The molecule has 1 aromatic heterocycles. The lowest BCUT2D eigenvalue weighted by Crippen LogP contribution is -2.40. The van der Waals surface area contributed by atoms with Gasteiger partial charge in [-0.1, -0.05) is 0 Å². The number of rotatable bonds is 6. The molecule has 1 N–H and O–H groups in total. The second-order valence-corrected chi connectivity index (χ2v) is 6.42. The lowest BCUT2D eigenvalue weighted by atomic mass is 10.2. The Morgan fingerprint density at radius 2 is 2.26 bits per heavy atom. The summed E-state index contributed by atoms with van der Waals surface area (Å²) in [5, 5.41) is 3.35. The van der Waals surface area contributed by atoms with Crippen LogP contribution in [0.15, 0.2) is 28.9 Å². The molecule has 5 nitrogen and oxygen atoms in total. The van der Waals surface area contributed by atoms with E-state index < -0.39 is 12.1 Å². The van der Waals surface area contributed by atoms with E-state index in [4.69, 9.17) is 9.47 Å². The molecule has 1 atom stereocenters. The predicted octanol–water partition coefficient (Wildman–Crippen LogP) is 3.01. The number of benzene rings is 1. The van der Waals surface area contributed by atoms with Crippen molar-refractivity contribution in [2.75, 3.05) is 13.7 Å². The Labute approximate surface area is 141 Å². The van der Waals surface area contributed by atoms with Gasteiger partial charge < -0.3 is 14.8 Å². The van der Waals surface area contributed by atoms with Crippen LogP contribution in [0.5, 0.6) is 5.75 Å². The Kier molecular flexibility index (Phi) is 4.77. The van der Waals surface area contributed by atoms with Crippen molar-refractivity contribution in [2.24, 2.45) is 5.92 Å². The Balaban J connectivity index is 1.76. The van der Waals surface area contributed by atoms with Gasteiger partial charge in [-0.15, -0.1) is 0 Å². The average Bonchev–Trinajstić information content (AvgIpc) is 3.34. The highest BCUT2D eigenvalue weighted by Gasteiger charge is 2.25. The summed E-state index contributed by atoms with van der Waals surface area (Å²) in [4.78, 5) is 16.1. The summed E-state index contributed by atoms with van der Waals surface area (Å²) in [6.07, 6.45) is 2.67. The van der Waals surface area contributed by atoms with Crippen molar-refractivity contribution in [3.05, 3.63) is 34.7 Å². The minimum atomic E-state index is -1.12. The van der Waals surface area contributed by atoms with Gasteiger partial charge in [0.2, 0.25) is 0 Å². The van der Waals surface area contributed by atoms with Crippen LogP contribution in [0.25, 0.3) is 10.9 Å². The van der Waals surface area contributed by atoms with Crippen LogP contribution in [0.4, 0.5) is 4.39 Å². The molecular formula is C16H16BrFN2O3. The van der Waals surface area contributed by atoms with Crippen LogP contribution >= 0.6 is 15.9 Å². The first kappa shape index (κ1) is 16.1. The third-order valence-electron chi connectivity index (χ3n) is 3.61. The van der Waals surface area contributed by atoms with E-state index in [0.717, 1.165) is 17.3 Å². The first-order valence-corrected chi connectivity index (χ1v) is 8.08. The molecule has 1 fully saturated rings. The Morgan fingerprint density at radius 1 is 1.48 bits per heavy atom. The molecule has 3 rings (SSSR count). The SMILES string of the molecule is COC(Oc1cc(F)c2ncc(Br)cc2c1)C(=O)NCC1CC1. The molecule has 1 heterocycles. The molecule has 1 aliphatic carbocycles. The van der Waals surface area contributed by atoms with E-state index >= 15 is 0 Å². The van der Waals surface area contributed by atoms with Crippen LogP contribution in [0, 0.1) is 11.7 Å². The van der Waals surface area contributed by atoms with Crippen molar-refractivity contribution >= 4 is 32.7 Å². The molecule has 1 aliphatic rings. The number of nitrogens with one attached hydrogen (secondary N) is 1. The molecule has 1 unspecified atom stereocenters. The summed E-state index contributed by atoms with van der Waals surface area (Å²) in [6, 6.07) is 4.55. The first-order chi connectivity index (χ1) is 11.1. The summed E-state index contributed by atoms with van der Waals surface area (Å²) in [7, 11) is 1.37. The standard InChI is InChI=1S/C16H16BrFN2O3/c1-22-16(15(21)20-7-9-2-3-9)23-12-5-10-4-11(17)8-19-14(10)13(18)6-12/h4-6,8-9,16H,2-3,7H2,1H3,(H,20,21).